The first-order valence-electron chi connectivity index (χ1n) is 7.08. The summed E-state index contributed by atoms with van der Waals surface area (Å²) in [4.78, 5) is 8.90. The van der Waals surface area contributed by atoms with Gasteiger partial charge in [-0.1, -0.05) is 36.4 Å². The molecule has 3 N–H and O–H groups in total. The van der Waals surface area contributed by atoms with Crippen molar-refractivity contribution < 1.29 is 27.5 Å². The predicted octanol–water partition coefficient (Wildman–Crippen LogP) is 4.82. The van der Waals surface area contributed by atoms with Gasteiger partial charge in [0, 0.05) is 11.1 Å². The molecule has 0 amide bonds. The topological polar surface area (TPSA) is 76.5 Å². The number of fused-ring (bicyclic) bond motifs is 1. The van der Waals surface area contributed by atoms with Crippen molar-refractivity contribution in [3.63, 3.8) is 0 Å². The molecule has 1 aromatic heterocycles. The van der Waals surface area contributed by atoms with Gasteiger partial charge in [0.05, 0.1) is 0 Å². The van der Waals surface area contributed by atoms with E-state index in [1.165, 1.54) is 0 Å². The minimum atomic E-state index is -5.08. The molecular weight excluding hydrogens is 335 g/mol. The van der Waals surface area contributed by atoms with Gasteiger partial charge in [0.2, 0.25) is 0 Å². The van der Waals surface area contributed by atoms with Crippen molar-refractivity contribution in [3.05, 3.63) is 65.9 Å². The van der Waals surface area contributed by atoms with E-state index in [0.29, 0.717) is 0 Å². The number of carboxylic acids is 1. The molecule has 1 heterocycles. The van der Waals surface area contributed by atoms with E-state index >= 15 is 0 Å². The van der Waals surface area contributed by atoms with Crippen LogP contribution in [0.25, 0.3) is 23.1 Å². The second-order valence-electron chi connectivity index (χ2n) is 4.99. The SMILES string of the molecule is Nc1ccc(/C=C/c2cc3ccccc3o2)cc1.O=C(O)C(F)(F)F. The summed E-state index contributed by atoms with van der Waals surface area (Å²) in [5.74, 6) is -1.90. The van der Waals surface area contributed by atoms with Gasteiger partial charge in [-0.15, -0.1) is 0 Å². The van der Waals surface area contributed by atoms with Crippen molar-refractivity contribution in [1.29, 1.82) is 0 Å². The van der Waals surface area contributed by atoms with Crippen LogP contribution in [0.3, 0.4) is 0 Å². The van der Waals surface area contributed by atoms with Crippen LogP contribution in [0, 0.1) is 0 Å². The first-order valence-corrected chi connectivity index (χ1v) is 7.08. The first-order chi connectivity index (χ1) is 11.8. The maximum atomic E-state index is 10.6. The third-order valence-corrected chi connectivity index (χ3v) is 3.06. The minimum Gasteiger partial charge on any atom is -0.475 e. The highest BCUT2D eigenvalue weighted by molar-refractivity contribution is 5.81. The van der Waals surface area contributed by atoms with Crippen molar-refractivity contribution in [2.75, 3.05) is 5.73 Å². The van der Waals surface area contributed by atoms with Crippen LogP contribution >= 0.6 is 0 Å². The van der Waals surface area contributed by atoms with Gasteiger partial charge in [-0.3, -0.25) is 0 Å². The third kappa shape index (κ3) is 5.42. The van der Waals surface area contributed by atoms with Gasteiger partial charge in [0.25, 0.3) is 0 Å². The minimum absolute atomic E-state index is 0.774. The fourth-order valence-corrected chi connectivity index (χ4v) is 1.87. The Kier molecular flexibility index (Phi) is 5.49. The highest BCUT2D eigenvalue weighted by Gasteiger charge is 2.38. The van der Waals surface area contributed by atoms with E-state index in [1.54, 1.807) is 0 Å². The molecule has 0 aliphatic rings. The molecule has 0 bridgehead atoms. The van der Waals surface area contributed by atoms with Gasteiger partial charge < -0.3 is 15.3 Å². The highest BCUT2D eigenvalue weighted by atomic mass is 19.4. The summed E-state index contributed by atoms with van der Waals surface area (Å²) < 4.78 is 37.4. The number of hydrogen-bond donors (Lipinski definition) is 2. The molecule has 0 aliphatic heterocycles. The van der Waals surface area contributed by atoms with Crippen LogP contribution in [0.15, 0.2) is 59.0 Å². The molecule has 130 valence electrons. The summed E-state index contributed by atoms with van der Waals surface area (Å²) in [5, 5.41) is 8.24. The molecule has 3 aromatic rings. The number of halogens is 3. The molecule has 0 saturated carbocycles. The van der Waals surface area contributed by atoms with E-state index in [2.05, 4.69) is 0 Å². The van der Waals surface area contributed by atoms with E-state index in [9.17, 15) is 13.2 Å². The Morgan fingerprint density at radius 1 is 1.04 bits per heavy atom. The van der Waals surface area contributed by atoms with Gasteiger partial charge in [0.15, 0.2) is 0 Å². The van der Waals surface area contributed by atoms with E-state index < -0.39 is 12.1 Å². The lowest BCUT2D eigenvalue weighted by atomic mass is 10.2. The van der Waals surface area contributed by atoms with Crippen LogP contribution in [0.2, 0.25) is 0 Å². The number of furan rings is 1. The number of carboxylic acid groups (broad SMARTS) is 1. The quantitative estimate of drug-likeness (QED) is 0.651. The van der Waals surface area contributed by atoms with Gasteiger partial charge in [0.1, 0.15) is 11.3 Å². The Labute approximate surface area is 141 Å². The molecule has 0 unspecified atom stereocenters. The molecule has 2 aromatic carbocycles. The molecule has 7 heteroatoms. The second kappa shape index (κ2) is 7.57. The molecular formula is C18H14F3NO3. The summed E-state index contributed by atoms with van der Waals surface area (Å²) in [5.41, 5.74) is 8.43. The molecule has 4 nitrogen and oxygen atoms in total. The van der Waals surface area contributed by atoms with Crippen molar-refractivity contribution >= 4 is 34.8 Å². The zero-order valence-corrected chi connectivity index (χ0v) is 12.8. The molecule has 3 rings (SSSR count). The Hall–Kier alpha value is -3.22. The smallest absolute Gasteiger partial charge is 0.475 e. The number of rotatable bonds is 2. The summed E-state index contributed by atoms with van der Waals surface area (Å²) >= 11 is 0. The number of anilines is 1. The summed E-state index contributed by atoms with van der Waals surface area (Å²) in [6, 6.07) is 17.8. The normalized spacial score (nSPS) is 11.3. The number of aliphatic carboxylic acids is 1. The van der Waals surface area contributed by atoms with Gasteiger partial charge in [-0.2, -0.15) is 13.2 Å². The zero-order valence-electron chi connectivity index (χ0n) is 12.8. The lowest BCUT2D eigenvalue weighted by molar-refractivity contribution is -0.192. The standard InChI is InChI=1S/C16H13NO.C2HF3O2/c17-14-8-5-12(6-9-14)7-10-15-11-13-3-1-2-4-16(13)18-15;3-2(4,5)1(6)7/h1-11H,17H2;(H,6,7)/b10-7+;. The third-order valence-electron chi connectivity index (χ3n) is 3.06. The number of alkyl halides is 3. The second-order valence-corrected chi connectivity index (χ2v) is 4.99. The molecule has 0 aliphatic carbocycles. The van der Waals surface area contributed by atoms with E-state index in [0.717, 1.165) is 28.0 Å². The van der Waals surface area contributed by atoms with E-state index in [-0.39, 0.29) is 0 Å². The zero-order chi connectivity index (χ0) is 18.4. The van der Waals surface area contributed by atoms with E-state index in [1.807, 2.05) is 66.7 Å². The average Bonchev–Trinajstić information content (AvgIpc) is 2.97. The van der Waals surface area contributed by atoms with Crippen molar-refractivity contribution in [1.82, 2.24) is 0 Å². The Morgan fingerprint density at radius 2 is 1.64 bits per heavy atom. The largest absolute Gasteiger partial charge is 0.490 e. The van der Waals surface area contributed by atoms with Crippen LogP contribution in [-0.4, -0.2) is 17.3 Å². The maximum absolute atomic E-state index is 10.6. The number of nitrogens with two attached hydrogens (primary N) is 1. The Balaban J connectivity index is 0.000000277. The molecule has 0 saturated heterocycles. The molecule has 0 spiro atoms. The highest BCUT2D eigenvalue weighted by Crippen LogP contribution is 2.20. The summed E-state index contributed by atoms with van der Waals surface area (Å²) in [6.07, 6.45) is -1.11. The van der Waals surface area contributed by atoms with Crippen molar-refractivity contribution in [3.8, 4) is 0 Å². The van der Waals surface area contributed by atoms with Crippen LogP contribution in [-0.2, 0) is 4.79 Å². The fourth-order valence-electron chi connectivity index (χ4n) is 1.87. The first kappa shape index (κ1) is 18.1. The van der Waals surface area contributed by atoms with Crippen molar-refractivity contribution in [2.24, 2.45) is 0 Å². The lowest BCUT2D eigenvalue weighted by Crippen LogP contribution is -2.21. The van der Waals surface area contributed by atoms with Crippen LogP contribution in [0.4, 0.5) is 18.9 Å². The summed E-state index contributed by atoms with van der Waals surface area (Å²) in [6.45, 7) is 0. The molecule has 25 heavy (non-hydrogen) atoms. The van der Waals surface area contributed by atoms with Crippen LogP contribution in [0.5, 0.6) is 0 Å². The van der Waals surface area contributed by atoms with Gasteiger partial charge >= 0.3 is 12.1 Å². The number of benzene rings is 2. The number of hydrogen-bond acceptors (Lipinski definition) is 3. The monoisotopic (exact) mass is 349 g/mol. The summed E-state index contributed by atoms with van der Waals surface area (Å²) in [7, 11) is 0. The molecule has 0 atom stereocenters. The average molecular weight is 349 g/mol. The van der Waals surface area contributed by atoms with Crippen LogP contribution in [0.1, 0.15) is 11.3 Å². The predicted molar refractivity (Wildman–Crippen MR) is 89.7 cm³/mol. The van der Waals surface area contributed by atoms with E-state index in [4.69, 9.17) is 20.1 Å². The lowest BCUT2D eigenvalue weighted by Gasteiger charge is -1.93. The number of nitrogen functional groups attached to an aromatic ring is 1. The number of para-hydroxylation sites is 1. The Morgan fingerprint density at radius 3 is 2.20 bits per heavy atom. The Bertz CT molecular complexity index is 847. The van der Waals surface area contributed by atoms with Crippen LogP contribution < -0.4 is 5.73 Å². The van der Waals surface area contributed by atoms with Gasteiger partial charge in [-0.25, -0.2) is 4.79 Å². The van der Waals surface area contributed by atoms with Gasteiger partial charge in [-0.05, 0) is 35.9 Å². The van der Waals surface area contributed by atoms with Crippen molar-refractivity contribution in [2.45, 2.75) is 6.18 Å². The molecule has 0 radical (unpaired) electrons. The fraction of sp³-hybridized carbons (Fsp3) is 0.0556. The molecule has 0 fully saturated rings. The number of carbonyl (C=O) groups is 1. The maximum Gasteiger partial charge on any atom is 0.490 e.